The minimum atomic E-state index is -1.60. The first kappa shape index (κ1) is 13.7. The number of carboxylic acids is 1. The first-order chi connectivity index (χ1) is 7.91. The number of carboxylic acid groups (broad SMARTS) is 1. The van der Waals surface area contributed by atoms with Crippen LogP contribution in [-0.4, -0.2) is 64.1 Å². The molecule has 3 atom stereocenters. The maximum Gasteiger partial charge on any atom is 0.334 e. The summed E-state index contributed by atoms with van der Waals surface area (Å²) in [4.78, 5) is 23.3. The van der Waals surface area contributed by atoms with Crippen LogP contribution >= 0.6 is 0 Å². The van der Waals surface area contributed by atoms with E-state index in [1.165, 1.54) is 4.90 Å². The lowest BCUT2D eigenvalue weighted by Gasteiger charge is -2.34. The molecule has 1 rings (SSSR count). The van der Waals surface area contributed by atoms with Gasteiger partial charge in [0.1, 0.15) is 0 Å². The molecule has 0 spiro atoms. The van der Waals surface area contributed by atoms with E-state index >= 15 is 0 Å². The maximum atomic E-state index is 11.6. The van der Waals surface area contributed by atoms with Gasteiger partial charge in [-0.3, -0.25) is 0 Å². The van der Waals surface area contributed by atoms with E-state index in [1.807, 2.05) is 6.92 Å². The van der Waals surface area contributed by atoms with Gasteiger partial charge in [-0.15, -0.1) is 0 Å². The zero-order valence-electron chi connectivity index (χ0n) is 9.67. The molecular weight excluding hydrogens is 228 g/mol. The van der Waals surface area contributed by atoms with Crippen molar-refractivity contribution in [2.75, 3.05) is 19.6 Å². The minimum Gasteiger partial charge on any atom is -0.479 e. The fourth-order valence-electron chi connectivity index (χ4n) is 1.62. The van der Waals surface area contributed by atoms with Crippen LogP contribution < -0.4 is 5.32 Å². The van der Waals surface area contributed by atoms with Crippen molar-refractivity contribution in [2.45, 2.75) is 25.6 Å². The van der Waals surface area contributed by atoms with E-state index in [0.29, 0.717) is 13.0 Å². The molecule has 2 amide bonds. The molecule has 98 valence electrons. The Morgan fingerprint density at radius 1 is 1.53 bits per heavy atom. The lowest BCUT2D eigenvalue weighted by Crippen LogP contribution is -2.51. The molecule has 1 heterocycles. The van der Waals surface area contributed by atoms with Gasteiger partial charge in [0.15, 0.2) is 6.10 Å². The number of hydrogen-bond donors (Lipinski definition) is 4. The number of amides is 2. The highest BCUT2D eigenvalue weighted by molar-refractivity contribution is 5.76. The topological polar surface area (TPSA) is 110 Å². The van der Waals surface area contributed by atoms with E-state index in [1.54, 1.807) is 0 Å². The standard InChI is InChI=1S/C10H18N2O5/c1-6-2-3-12(5-8(6)14)10(17)11-4-7(13)9(15)16/h6-8,13-14H,2-5H2,1H3,(H,11,17)(H,15,16)/t6?,7-,8?/m0/s1. The van der Waals surface area contributed by atoms with E-state index in [9.17, 15) is 14.7 Å². The van der Waals surface area contributed by atoms with Gasteiger partial charge in [0, 0.05) is 13.1 Å². The predicted octanol–water partition coefficient (Wildman–Crippen LogP) is -1.16. The molecule has 0 radical (unpaired) electrons. The van der Waals surface area contributed by atoms with Gasteiger partial charge in [0.2, 0.25) is 0 Å². The van der Waals surface area contributed by atoms with Gasteiger partial charge in [-0.1, -0.05) is 6.92 Å². The van der Waals surface area contributed by atoms with Crippen LogP contribution in [0.1, 0.15) is 13.3 Å². The summed E-state index contributed by atoms with van der Waals surface area (Å²) in [6.45, 7) is 2.33. The number of aliphatic carboxylic acids is 1. The fraction of sp³-hybridized carbons (Fsp3) is 0.800. The molecule has 0 aromatic carbocycles. The van der Waals surface area contributed by atoms with Crippen LogP contribution in [0, 0.1) is 5.92 Å². The number of nitrogens with zero attached hydrogens (tertiary/aromatic N) is 1. The Morgan fingerprint density at radius 3 is 2.71 bits per heavy atom. The van der Waals surface area contributed by atoms with Gasteiger partial charge in [-0.2, -0.15) is 0 Å². The average Bonchev–Trinajstić information content (AvgIpc) is 2.28. The number of nitrogens with one attached hydrogen (secondary N) is 1. The summed E-state index contributed by atoms with van der Waals surface area (Å²) in [7, 11) is 0. The third-order valence-corrected chi connectivity index (χ3v) is 2.94. The number of β-amino-alcohol motifs (C(OH)–C–C–N with tert-alkyl or cyclic N) is 1. The SMILES string of the molecule is CC1CCN(C(=O)NC[C@H](O)C(=O)O)CC1O. The van der Waals surface area contributed by atoms with Gasteiger partial charge in [-0.25, -0.2) is 9.59 Å². The Labute approximate surface area is 99.0 Å². The molecule has 0 aromatic rings. The molecule has 0 aliphatic carbocycles. The van der Waals surface area contributed by atoms with Crippen LogP contribution in [0.25, 0.3) is 0 Å². The molecular formula is C10H18N2O5. The molecule has 1 aliphatic heterocycles. The zero-order valence-corrected chi connectivity index (χ0v) is 9.67. The van der Waals surface area contributed by atoms with Crippen molar-refractivity contribution < 1.29 is 24.9 Å². The number of rotatable bonds is 3. The molecule has 0 bridgehead atoms. The van der Waals surface area contributed by atoms with E-state index in [4.69, 9.17) is 10.2 Å². The Hall–Kier alpha value is -1.34. The van der Waals surface area contributed by atoms with Gasteiger partial charge < -0.3 is 25.5 Å². The van der Waals surface area contributed by atoms with Gasteiger partial charge >= 0.3 is 12.0 Å². The van der Waals surface area contributed by atoms with Crippen LogP contribution in [0.4, 0.5) is 4.79 Å². The van der Waals surface area contributed by atoms with Crippen LogP contribution in [0.2, 0.25) is 0 Å². The number of hydrogen-bond acceptors (Lipinski definition) is 4. The van der Waals surface area contributed by atoms with Crippen molar-refractivity contribution in [1.29, 1.82) is 0 Å². The van der Waals surface area contributed by atoms with E-state index in [-0.39, 0.29) is 19.0 Å². The third-order valence-electron chi connectivity index (χ3n) is 2.94. The smallest absolute Gasteiger partial charge is 0.334 e. The summed E-state index contributed by atoms with van der Waals surface area (Å²) in [5.41, 5.74) is 0. The highest BCUT2D eigenvalue weighted by atomic mass is 16.4. The second-order valence-electron chi connectivity index (χ2n) is 4.32. The zero-order chi connectivity index (χ0) is 13.0. The molecule has 0 saturated carbocycles. The molecule has 1 saturated heterocycles. The van der Waals surface area contributed by atoms with Crippen LogP contribution in [0.3, 0.4) is 0 Å². The molecule has 1 aliphatic rings. The summed E-state index contributed by atoms with van der Waals surface area (Å²) in [6, 6.07) is -0.462. The van der Waals surface area contributed by atoms with Crippen LogP contribution in [0.15, 0.2) is 0 Å². The molecule has 7 nitrogen and oxygen atoms in total. The number of carbonyl (C=O) groups is 2. The summed E-state index contributed by atoms with van der Waals surface area (Å²) in [5.74, 6) is -1.22. The quantitative estimate of drug-likeness (QED) is 0.502. The molecule has 4 N–H and O–H groups in total. The second kappa shape index (κ2) is 5.83. The lowest BCUT2D eigenvalue weighted by molar-refractivity contribution is -0.146. The Bertz CT molecular complexity index is 296. The fourth-order valence-corrected chi connectivity index (χ4v) is 1.62. The Morgan fingerprint density at radius 2 is 2.18 bits per heavy atom. The molecule has 1 fully saturated rings. The number of urea groups is 1. The largest absolute Gasteiger partial charge is 0.479 e. The Kier molecular flexibility index (Phi) is 4.71. The minimum absolute atomic E-state index is 0.156. The number of aliphatic hydroxyl groups excluding tert-OH is 2. The van der Waals surface area contributed by atoms with Gasteiger partial charge in [0.05, 0.1) is 12.6 Å². The summed E-state index contributed by atoms with van der Waals surface area (Å²) in [5, 5.41) is 29.3. The lowest BCUT2D eigenvalue weighted by atomic mass is 9.96. The average molecular weight is 246 g/mol. The molecule has 2 unspecified atom stereocenters. The number of piperidine rings is 1. The van der Waals surface area contributed by atoms with Crippen LogP contribution in [0.5, 0.6) is 0 Å². The van der Waals surface area contributed by atoms with Gasteiger partial charge in [-0.05, 0) is 12.3 Å². The normalized spacial score (nSPS) is 26.4. The second-order valence-corrected chi connectivity index (χ2v) is 4.32. The number of likely N-dealkylation sites (tertiary alicyclic amines) is 1. The van der Waals surface area contributed by atoms with Crippen molar-refractivity contribution >= 4 is 12.0 Å². The van der Waals surface area contributed by atoms with E-state index < -0.39 is 24.2 Å². The van der Waals surface area contributed by atoms with Crippen molar-refractivity contribution in [3.8, 4) is 0 Å². The first-order valence-corrected chi connectivity index (χ1v) is 5.53. The first-order valence-electron chi connectivity index (χ1n) is 5.53. The third kappa shape index (κ3) is 3.86. The van der Waals surface area contributed by atoms with Crippen LogP contribution in [-0.2, 0) is 4.79 Å². The van der Waals surface area contributed by atoms with Crippen molar-refractivity contribution in [1.82, 2.24) is 10.2 Å². The highest BCUT2D eigenvalue weighted by Crippen LogP contribution is 2.16. The highest BCUT2D eigenvalue weighted by Gasteiger charge is 2.27. The Balaban J connectivity index is 2.36. The van der Waals surface area contributed by atoms with E-state index in [0.717, 1.165) is 0 Å². The molecule has 7 heteroatoms. The summed E-state index contributed by atoms with van der Waals surface area (Å²) >= 11 is 0. The molecule has 0 aromatic heterocycles. The summed E-state index contributed by atoms with van der Waals surface area (Å²) in [6.07, 6.45) is -1.46. The summed E-state index contributed by atoms with van der Waals surface area (Å²) < 4.78 is 0. The predicted molar refractivity (Wildman–Crippen MR) is 58.4 cm³/mol. The number of carbonyl (C=O) groups excluding carboxylic acids is 1. The number of aliphatic hydroxyl groups is 2. The van der Waals surface area contributed by atoms with Crippen molar-refractivity contribution in [3.05, 3.63) is 0 Å². The van der Waals surface area contributed by atoms with Crippen molar-refractivity contribution in [3.63, 3.8) is 0 Å². The molecule has 17 heavy (non-hydrogen) atoms. The monoisotopic (exact) mass is 246 g/mol. The maximum absolute atomic E-state index is 11.6. The van der Waals surface area contributed by atoms with E-state index in [2.05, 4.69) is 5.32 Å². The van der Waals surface area contributed by atoms with Gasteiger partial charge in [0.25, 0.3) is 0 Å². The van der Waals surface area contributed by atoms with Crippen molar-refractivity contribution in [2.24, 2.45) is 5.92 Å².